The number of unbranched alkanes of at least 4 members (excludes halogenated alkanes) is 1. The topological polar surface area (TPSA) is 98.0 Å². The van der Waals surface area contributed by atoms with E-state index in [9.17, 15) is 19.8 Å². The maximum Gasteiger partial charge on any atom is 0.323 e. The summed E-state index contributed by atoms with van der Waals surface area (Å²) in [7, 11) is 0. The Balaban J connectivity index is 1.35. The first-order valence-corrected chi connectivity index (χ1v) is 12.5. The molecule has 2 N–H and O–H groups in total. The van der Waals surface area contributed by atoms with Gasteiger partial charge in [0.05, 0.1) is 19.6 Å². The summed E-state index contributed by atoms with van der Waals surface area (Å²) in [5.41, 5.74) is 4.20. The maximum atomic E-state index is 11.4. The Morgan fingerprint density at radius 2 is 1.58 bits per heavy atom. The van der Waals surface area contributed by atoms with Crippen LogP contribution in [-0.4, -0.2) is 39.9 Å². The van der Waals surface area contributed by atoms with Crippen molar-refractivity contribution in [1.82, 2.24) is 4.57 Å². The predicted octanol–water partition coefficient (Wildman–Crippen LogP) is 6.07. The van der Waals surface area contributed by atoms with E-state index in [2.05, 4.69) is 0 Å². The first kappa shape index (κ1) is 26.5. The van der Waals surface area contributed by atoms with Gasteiger partial charge in [-0.1, -0.05) is 54.6 Å². The van der Waals surface area contributed by atoms with Gasteiger partial charge in [-0.15, -0.1) is 0 Å². The number of benzene rings is 3. The molecule has 1 heterocycles. The molecule has 0 aliphatic heterocycles. The van der Waals surface area contributed by atoms with Gasteiger partial charge in [0.25, 0.3) is 0 Å². The molecule has 0 unspecified atom stereocenters. The second-order valence-corrected chi connectivity index (χ2v) is 9.06. The molecule has 0 radical (unpaired) electrons. The van der Waals surface area contributed by atoms with Crippen molar-refractivity contribution in [2.75, 3.05) is 13.2 Å². The third kappa shape index (κ3) is 7.03. The van der Waals surface area contributed by atoms with Crippen molar-refractivity contribution >= 4 is 35.0 Å². The standard InChI is InChI=1S/C31H31NO6/c1-22-7-2-3-10-28(22)38-18-5-4-17-37-26-15-12-23(13-16-26)11-14-24-8-6-9-27-31(24)25(19-29(33)34)20-32(27)21-30(35)36/h2-3,6-16,20H,4-5,17-19,21H2,1H3,(H,33,34)(H,35,36)/b14-11+. The van der Waals surface area contributed by atoms with E-state index >= 15 is 0 Å². The summed E-state index contributed by atoms with van der Waals surface area (Å²) in [6, 6.07) is 21.3. The van der Waals surface area contributed by atoms with Gasteiger partial charge in [-0.3, -0.25) is 9.59 Å². The summed E-state index contributed by atoms with van der Waals surface area (Å²) in [6.45, 7) is 3.06. The highest BCUT2D eigenvalue weighted by Crippen LogP contribution is 2.28. The van der Waals surface area contributed by atoms with Crippen molar-refractivity contribution < 1.29 is 29.3 Å². The fourth-order valence-electron chi connectivity index (χ4n) is 4.34. The third-order valence-corrected chi connectivity index (χ3v) is 6.16. The summed E-state index contributed by atoms with van der Waals surface area (Å²) in [5, 5.41) is 19.3. The smallest absolute Gasteiger partial charge is 0.323 e. The van der Waals surface area contributed by atoms with Crippen molar-refractivity contribution in [2.24, 2.45) is 0 Å². The lowest BCUT2D eigenvalue weighted by Gasteiger charge is -2.09. The number of aryl methyl sites for hydroxylation is 1. The van der Waals surface area contributed by atoms with Gasteiger partial charge in [-0.2, -0.15) is 0 Å². The minimum atomic E-state index is -0.984. The van der Waals surface area contributed by atoms with E-state index in [0.29, 0.717) is 24.3 Å². The zero-order valence-electron chi connectivity index (χ0n) is 21.3. The van der Waals surface area contributed by atoms with Crippen molar-refractivity contribution in [3.05, 3.63) is 95.2 Å². The van der Waals surface area contributed by atoms with E-state index < -0.39 is 11.9 Å². The molecule has 0 spiro atoms. The van der Waals surface area contributed by atoms with E-state index in [4.69, 9.17) is 9.47 Å². The Kier molecular flexibility index (Phi) is 8.82. The number of aliphatic carboxylic acids is 2. The first-order chi connectivity index (χ1) is 18.4. The van der Waals surface area contributed by atoms with Crippen molar-refractivity contribution in [3.8, 4) is 11.5 Å². The van der Waals surface area contributed by atoms with Crippen LogP contribution in [0.15, 0.2) is 72.9 Å². The number of nitrogens with zero attached hydrogens (tertiary/aromatic N) is 1. The summed E-state index contributed by atoms with van der Waals surface area (Å²) in [5.74, 6) is -0.238. The van der Waals surface area contributed by atoms with Crippen LogP contribution in [0.5, 0.6) is 11.5 Å². The van der Waals surface area contributed by atoms with Crippen molar-refractivity contribution in [2.45, 2.75) is 32.7 Å². The number of hydrogen-bond donors (Lipinski definition) is 2. The molecule has 0 saturated carbocycles. The van der Waals surface area contributed by atoms with Gasteiger partial charge in [-0.05, 0) is 66.3 Å². The van der Waals surface area contributed by atoms with E-state index in [1.54, 1.807) is 10.8 Å². The lowest BCUT2D eigenvalue weighted by molar-refractivity contribution is -0.138. The van der Waals surface area contributed by atoms with E-state index in [1.807, 2.05) is 85.8 Å². The fourth-order valence-corrected chi connectivity index (χ4v) is 4.34. The van der Waals surface area contributed by atoms with Crippen LogP contribution in [0, 0.1) is 6.92 Å². The van der Waals surface area contributed by atoms with Crippen molar-refractivity contribution in [3.63, 3.8) is 0 Å². The SMILES string of the molecule is Cc1ccccc1OCCCCOc1ccc(/C=C/c2cccc3c2c(CC(=O)O)cn3CC(=O)O)cc1. The summed E-state index contributed by atoms with van der Waals surface area (Å²) < 4.78 is 13.3. The number of carbonyl (C=O) groups is 2. The number of ether oxygens (including phenoxy) is 2. The molecular formula is C31H31NO6. The Hall–Kier alpha value is -4.52. The van der Waals surface area contributed by atoms with Crippen LogP contribution in [0.3, 0.4) is 0 Å². The number of carboxylic acid groups (broad SMARTS) is 2. The van der Waals surface area contributed by atoms with Gasteiger partial charge in [0, 0.05) is 17.1 Å². The second-order valence-electron chi connectivity index (χ2n) is 9.06. The minimum Gasteiger partial charge on any atom is -0.494 e. The molecule has 38 heavy (non-hydrogen) atoms. The predicted molar refractivity (Wildman–Crippen MR) is 148 cm³/mol. The molecule has 196 valence electrons. The number of carboxylic acids is 2. The Labute approximate surface area is 221 Å². The van der Waals surface area contributed by atoms with Gasteiger partial charge in [0.15, 0.2) is 0 Å². The molecule has 0 amide bonds. The van der Waals surface area contributed by atoms with Gasteiger partial charge >= 0.3 is 11.9 Å². The van der Waals surface area contributed by atoms with Crippen LogP contribution in [0.2, 0.25) is 0 Å². The zero-order chi connectivity index (χ0) is 26.9. The number of fused-ring (bicyclic) bond motifs is 1. The van der Waals surface area contributed by atoms with Gasteiger partial charge in [0.1, 0.15) is 18.0 Å². The highest BCUT2D eigenvalue weighted by Gasteiger charge is 2.15. The molecular weight excluding hydrogens is 482 g/mol. The third-order valence-electron chi connectivity index (χ3n) is 6.16. The molecule has 0 aliphatic carbocycles. The molecule has 4 rings (SSSR count). The average molecular weight is 514 g/mol. The van der Waals surface area contributed by atoms with Gasteiger partial charge < -0.3 is 24.3 Å². The number of para-hydroxylation sites is 1. The summed E-state index contributed by atoms with van der Waals surface area (Å²) in [4.78, 5) is 22.7. The lowest BCUT2D eigenvalue weighted by Crippen LogP contribution is -2.07. The highest BCUT2D eigenvalue weighted by atomic mass is 16.5. The zero-order valence-corrected chi connectivity index (χ0v) is 21.3. The Morgan fingerprint density at radius 3 is 2.29 bits per heavy atom. The molecule has 0 atom stereocenters. The monoisotopic (exact) mass is 513 g/mol. The van der Waals surface area contributed by atoms with E-state index in [-0.39, 0.29) is 13.0 Å². The van der Waals surface area contributed by atoms with E-state index in [0.717, 1.165) is 46.4 Å². The molecule has 0 fully saturated rings. The van der Waals surface area contributed by atoms with Crippen LogP contribution < -0.4 is 9.47 Å². The summed E-state index contributed by atoms with van der Waals surface area (Å²) in [6.07, 6.45) is 7.09. The molecule has 1 aromatic heterocycles. The quantitative estimate of drug-likeness (QED) is 0.166. The largest absolute Gasteiger partial charge is 0.494 e. The highest BCUT2D eigenvalue weighted by molar-refractivity contribution is 5.96. The minimum absolute atomic E-state index is 0.183. The Morgan fingerprint density at radius 1 is 0.842 bits per heavy atom. The van der Waals surface area contributed by atoms with Crippen LogP contribution in [-0.2, 0) is 22.6 Å². The lowest BCUT2D eigenvalue weighted by atomic mass is 10.0. The molecule has 0 aliphatic rings. The molecule has 7 nitrogen and oxygen atoms in total. The number of rotatable bonds is 13. The molecule has 0 saturated heterocycles. The van der Waals surface area contributed by atoms with Gasteiger partial charge in [-0.25, -0.2) is 0 Å². The normalized spacial score (nSPS) is 11.2. The van der Waals surface area contributed by atoms with E-state index in [1.165, 1.54) is 0 Å². The Bertz CT molecular complexity index is 1430. The second kappa shape index (κ2) is 12.6. The van der Waals surface area contributed by atoms with Crippen LogP contribution in [0.1, 0.15) is 35.1 Å². The van der Waals surface area contributed by atoms with Gasteiger partial charge in [0.2, 0.25) is 0 Å². The van der Waals surface area contributed by atoms with Crippen LogP contribution >= 0.6 is 0 Å². The van der Waals surface area contributed by atoms with Crippen molar-refractivity contribution in [1.29, 1.82) is 0 Å². The molecule has 4 aromatic rings. The fraction of sp³-hybridized carbons (Fsp3) is 0.226. The summed E-state index contributed by atoms with van der Waals surface area (Å²) >= 11 is 0. The van der Waals surface area contributed by atoms with Crippen LogP contribution in [0.25, 0.3) is 23.1 Å². The molecule has 3 aromatic carbocycles. The maximum absolute atomic E-state index is 11.4. The average Bonchev–Trinajstić information content (AvgIpc) is 3.22. The molecule has 7 heteroatoms. The first-order valence-electron chi connectivity index (χ1n) is 12.5. The molecule has 0 bridgehead atoms. The number of aromatic nitrogens is 1. The van der Waals surface area contributed by atoms with Crippen LogP contribution in [0.4, 0.5) is 0 Å². The number of hydrogen-bond acceptors (Lipinski definition) is 4.